The van der Waals surface area contributed by atoms with Crippen molar-refractivity contribution in [3.05, 3.63) is 11.6 Å². The molecule has 0 aromatic carbocycles. The first-order valence-electron chi connectivity index (χ1n) is 12.7. The summed E-state index contributed by atoms with van der Waals surface area (Å²) in [5, 5.41) is 6.00. The van der Waals surface area contributed by atoms with E-state index < -0.39 is 11.7 Å². The van der Waals surface area contributed by atoms with Crippen LogP contribution in [-0.2, 0) is 23.7 Å². The van der Waals surface area contributed by atoms with Gasteiger partial charge in [0.25, 0.3) is 0 Å². The van der Waals surface area contributed by atoms with Crippen LogP contribution < -0.4 is 14.2 Å². The first-order chi connectivity index (χ1) is 16.6. The van der Waals surface area contributed by atoms with Crippen molar-refractivity contribution in [3.8, 4) is 0 Å². The second-order valence-electron chi connectivity index (χ2n) is 10.5. The van der Waals surface area contributed by atoms with Crippen LogP contribution in [0.3, 0.4) is 0 Å². The second-order valence-corrected chi connectivity index (χ2v) is 11.3. The summed E-state index contributed by atoms with van der Waals surface area (Å²) < 4.78 is 26.3. The van der Waals surface area contributed by atoms with Gasteiger partial charge in [-0.05, 0) is 59.8 Å². The highest BCUT2D eigenvalue weighted by molar-refractivity contribution is 14.1. The highest BCUT2D eigenvalue weighted by atomic mass is 127. The third-order valence-corrected chi connectivity index (χ3v) is 8.04. The molecular formula is C25H42IN3O6. The molecule has 2 saturated heterocycles. The zero-order valence-electron chi connectivity index (χ0n) is 21.7. The number of methoxy groups -OCH3 is 1. The molecule has 3 rings (SSSR count). The van der Waals surface area contributed by atoms with Crippen LogP contribution in [0.25, 0.3) is 0 Å². The van der Waals surface area contributed by atoms with Crippen molar-refractivity contribution in [1.29, 1.82) is 0 Å². The van der Waals surface area contributed by atoms with Crippen LogP contribution in [0.5, 0.6) is 0 Å². The predicted octanol–water partition coefficient (Wildman–Crippen LogP) is 3.40. The number of carbonyl (C=O) groups is 2. The summed E-state index contributed by atoms with van der Waals surface area (Å²) in [7, 11) is 1.72. The summed E-state index contributed by atoms with van der Waals surface area (Å²) >= 11 is 1.96. The lowest BCUT2D eigenvalue weighted by atomic mass is 9.75. The number of amides is 2. The highest BCUT2D eigenvalue weighted by Crippen LogP contribution is 2.56. The Bertz CT molecular complexity index is 764. The molecule has 35 heavy (non-hydrogen) atoms. The van der Waals surface area contributed by atoms with Gasteiger partial charge in [-0.3, -0.25) is 8.32 Å². The molecule has 3 N–H and O–H groups in total. The van der Waals surface area contributed by atoms with E-state index in [0.717, 1.165) is 32.1 Å². The highest BCUT2D eigenvalue weighted by Gasteiger charge is 2.68. The lowest BCUT2D eigenvalue weighted by Crippen LogP contribution is -2.46. The molecule has 5 atom stereocenters. The minimum Gasteiger partial charge on any atom is -0.449 e. The fraction of sp³-hybridized carbons (Fsp3) is 0.840. The minimum absolute atomic E-state index is 0.00117. The van der Waals surface area contributed by atoms with Crippen LogP contribution in [0.1, 0.15) is 66.2 Å². The molecule has 0 radical (unpaired) electrons. The van der Waals surface area contributed by atoms with Gasteiger partial charge in [0.1, 0.15) is 11.2 Å². The molecule has 1 saturated carbocycles. The zero-order valence-corrected chi connectivity index (χ0v) is 23.8. The number of hydrogen-bond acceptors (Lipinski definition) is 7. The molecule has 2 aliphatic heterocycles. The third kappa shape index (κ3) is 7.77. The Labute approximate surface area is 223 Å². The lowest BCUT2D eigenvalue weighted by Gasteiger charge is -2.32. The largest absolute Gasteiger partial charge is 0.449 e. The molecule has 0 bridgehead atoms. The number of halogens is 1. The average molecular weight is 608 g/mol. The molecule has 2 amide bonds. The van der Waals surface area contributed by atoms with E-state index in [4.69, 9.17) is 18.9 Å². The Hall–Kier alpha value is -0.950. The van der Waals surface area contributed by atoms with Gasteiger partial charge in [-0.15, -0.1) is 0 Å². The van der Waals surface area contributed by atoms with Gasteiger partial charge in [0.05, 0.1) is 32.0 Å². The van der Waals surface area contributed by atoms with Crippen molar-refractivity contribution in [3.63, 3.8) is 0 Å². The monoisotopic (exact) mass is 607 g/mol. The topological polar surface area (TPSA) is 114 Å². The van der Waals surface area contributed by atoms with E-state index in [-0.39, 0.29) is 48.3 Å². The standard InChI is InChI=1S/C25H42IN3O6/c1-16(2)6-11-20-24(4,35-20)22(17(3)32-5)25(15-34-25)12-13-33-23(31)29-19-9-7-18(8-10-19)28-21(30)14-27-26/h6,17-20,22,27H,7-15H2,1-5H3,(H,28,30)(H,29,31)/t17?,18?,19?,20-,22?,24+,25+/m1/s1. The molecule has 1 aliphatic carbocycles. The number of hydrogen-bond donors (Lipinski definition) is 3. The maximum absolute atomic E-state index is 12.4. The normalized spacial score (nSPS) is 33.3. The molecule has 2 unspecified atom stereocenters. The molecule has 2 heterocycles. The Kier molecular flexibility index (Phi) is 10.2. The Morgan fingerprint density at radius 3 is 2.34 bits per heavy atom. The van der Waals surface area contributed by atoms with E-state index in [9.17, 15) is 9.59 Å². The summed E-state index contributed by atoms with van der Waals surface area (Å²) in [4.78, 5) is 24.2. The van der Waals surface area contributed by atoms with Gasteiger partial charge >= 0.3 is 6.09 Å². The molecule has 9 nitrogen and oxygen atoms in total. The van der Waals surface area contributed by atoms with Crippen molar-refractivity contribution in [1.82, 2.24) is 14.2 Å². The van der Waals surface area contributed by atoms with E-state index in [1.165, 1.54) is 5.57 Å². The first-order valence-corrected chi connectivity index (χ1v) is 13.8. The predicted molar refractivity (Wildman–Crippen MR) is 141 cm³/mol. The van der Waals surface area contributed by atoms with Gasteiger partial charge in [0.2, 0.25) is 5.91 Å². The number of carbonyl (C=O) groups excluding carboxylic acids is 2. The molecule has 0 spiro atoms. The van der Waals surface area contributed by atoms with Gasteiger partial charge in [0.15, 0.2) is 0 Å². The Balaban J connectivity index is 1.43. The van der Waals surface area contributed by atoms with Crippen molar-refractivity contribution in [2.24, 2.45) is 5.92 Å². The smallest absolute Gasteiger partial charge is 0.407 e. The zero-order chi connectivity index (χ0) is 25.6. The summed E-state index contributed by atoms with van der Waals surface area (Å²) in [6.07, 6.45) is 6.73. The second kappa shape index (κ2) is 12.5. The van der Waals surface area contributed by atoms with Crippen molar-refractivity contribution < 1.29 is 28.5 Å². The van der Waals surface area contributed by atoms with E-state index in [1.807, 2.05) is 22.9 Å². The van der Waals surface area contributed by atoms with Gasteiger partial charge in [-0.2, -0.15) is 0 Å². The van der Waals surface area contributed by atoms with Crippen LogP contribution in [0.4, 0.5) is 4.79 Å². The maximum atomic E-state index is 12.4. The van der Waals surface area contributed by atoms with E-state index >= 15 is 0 Å². The van der Waals surface area contributed by atoms with Crippen molar-refractivity contribution >= 4 is 34.9 Å². The number of epoxide rings is 2. The van der Waals surface area contributed by atoms with Crippen LogP contribution in [0, 0.1) is 5.92 Å². The van der Waals surface area contributed by atoms with Gasteiger partial charge in [-0.25, -0.2) is 4.79 Å². The number of alkyl carbamates (subject to hydrolysis) is 1. The molecule has 10 heteroatoms. The molecule has 0 aromatic rings. The van der Waals surface area contributed by atoms with Crippen LogP contribution in [0.15, 0.2) is 11.6 Å². The SMILES string of the molecule is COC(C)C([C@]1(CCOC(=O)NC2CCC(NC(=O)CNI)CC2)CO1)[C@@]1(C)O[C@@H]1CC=C(C)C. The number of ether oxygens (including phenoxy) is 4. The van der Waals surface area contributed by atoms with Gasteiger partial charge < -0.3 is 29.6 Å². The van der Waals surface area contributed by atoms with E-state index in [0.29, 0.717) is 19.6 Å². The number of nitrogens with one attached hydrogen (secondary N) is 3. The summed E-state index contributed by atoms with van der Waals surface area (Å²) in [5.41, 5.74) is 0.566. The van der Waals surface area contributed by atoms with Crippen LogP contribution in [-0.4, -0.2) is 74.4 Å². The van der Waals surface area contributed by atoms with Crippen LogP contribution in [0.2, 0.25) is 0 Å². The molecule has 3 fully saturated rings. The van der Waals surface area contributed by atoms with Crippen molar-refractivity contribution in [2.75, 3.05) is 26.9 Å². The minimum atomic E-state index is -0.396. The van der Waals surface area contributed by atoms with E-state index in [1.54, 1.807) is 7.11 Å². The molecule has 3 aliphatic rings. The van der Waals surface area contributed by atoms with Crippen LogP contribution >= 0.6 is 22.9 Å². The maximum Gasteiger partial charge on any atom is 0.407 e. The molecule has 200 valence electrons. The third-order valence-electron chi connectivity index (χ3n) is 7.66. The molecule has 0 aromatic heterocycles. The fourth-order valence-electron chi connectivity index (χ4n) is 5.54. The summed E-state index contributed by atoms with van der Waals surface area (Å²) in [6.45, 7) is 9.60. The Morgan fingerprint density at radius 1 is 1.17 bits per heavy atom. The quantitative estimate of drug-likeness (QED) is 0.127. The number of allylic oxidation sites excluding steroid dienone is 1. The first kappa shape index (κ1) is 28.6. The average Bonchev–Trinajstić information content (AvgIpc) is 3.71. The molecular weight excluding hydrogens is 565 g/mol. The Morgan fingerprint density at radius 2 is 1.80 bits per heavy atom. The van der Waals surface area contributed by atoms with Gasteiger partial charge in [0, 0.05) is 54.4 Å². The fourth-order valence-corrected chi connectivity index (χ4v) is 5.89. The summed E-state index contributed by atoms with van der Waals surface area (Å²) in [5.74, 6) is 0.0522. The van der Waals surface area contributed by atoms with Crippen molar-refractivity contribution in [2.45, 2.75) is 102 Å². The van der Waals surface area contributed by atoms with Gasteiger partial charge in [-0.1, -0.05) is 11.6 Å². The van der Waals surface area contributed by atoms with E-state index in [2.05, 4.69) is 47.9 Å². The number of rotatable bonds is 13. The lowest BCUT2D eigenvalue weighted by molar-refractivity contribution is -0.120. The summed E-state index contributed by atoms with van der Waals surface area (Å²) in [6, 6.07) is 0.236.